The van der Waals surface area contributed by atoms with Crippen LogP contribution in [0.4, 0.5) is 0 Å². The number of unbranched alkanes of at least 4 members (excludes halogenated alkanes) is 1. The monoisotopic (exact) mass is 270 g/mol. The van der Waals surface area contributed by atoms with Gasteiger partial charge in [0.2, 0.25) is 0 Å². The van der Waals surface area contributed by atoms with Gasteiger partial charge in [-0.2, -0.15) is 0 Å². The minimum atomic E-state index is -0.852. The molecule has 0 saturated carbocycles. The van der Waals surface area contributed by atoms with Crippen LogP contribution in [0.3, 0.4) is 0 Å². The van der Waals surface area contributed by atoms with Gasteiger partial charge in [-0.1, -0.05) is 52.7 Å². The predicted molar refractivity (Wildman–Crippen MR) is 76.7 cm³/mol. The van der Waals surface area contributed by atoms with Gasteiger partial charge in [-0.15, -0.1) is 0 Å². The predicted octanol–water partition coefficient (Wildman–Crippen LogP) is 3.93. The maximum atomic E-state index is 10.5. The van der Waals surface area contributed by atoms with Crippen LogP contribution in [-0.2, 0) is 14.3 Å². The first-order valence-corrected chi connectivity index (χ1v) is 6.58. The van der Waals surface area contributed by atoms with Crippen LogP contribution in [0.2, 0.25) is 0 Å². The third-order valence-corrected chi connectivity index (χ3v) is 2.63. The quantitative estimate of drug-likeness (QED) is 0.412. The van der Waals surface area contributed by atoms with Crippen molar-refractivity contribution in [2.24, 2.45) is 5.92 Å². The lowest BCUT2D eigenvalue weighted by Crippen LogP contribution is -2.06. The number of hydrogen-bond donors (Lipinski definition) is 1. The van der Waals surface area contributed by atoms with E-state index < -0.39 is 5.97 Å². The van der Waals surface area contributed by atoms with Crippen LogP contribution in [0.5, 0.6) is 0 Å². The van der Waals surface area contributed by atoms with E-state index in [1.165, 1.54) is 19.8 Å². The molecule has 0 spiro atoms. The summed E-state index contributed by atoms with van der Waals surface area (Å²) in [6, 6.07) is 0. The molecule has 1 N–H and O–H groups in total. The van der Waals surface area contributed by atoms with E-state index in [1.807, 2.05) is 0 Å². The standard InChI is InChI=1S/C11H20O2.C4H6O2/c1-4-6-7-10(5-2)8-9(3)11(12)13;1-3-6-4(2)5/h10H,3-8H2,1-2H3,(H,12,13);3H,1H2,2H3. The first-order chi connectivity index (χ1) is 8.88. The van der Waals surface area contributed by atoms with Gasteiger partial charge in [-0.25, -0.2) is 4.79 Å². The second-order valence-electron chi connectivity index (χ2n) is 4.31. The lowest BCUT2D eigenvalue weighted by molar-refractivity contribution is -0.135. The molecule has 0 bridgehead atoms. The maximum Gasteiger partial charge on any atom is 0.330 e. The molecule has 4 nitrogen and oxygen atoms in total. The van der Waals surface area contributed by atoms with E-state index in [9.17, 15) is 9.59 Å². The van der Waals surface area contributed by atoms with Gasteiger partial charge in [-0.05, 0) is 12.3 Å². The SMILES string of the molecule is C=C(CC(CC)CCCC)C(=O)O.C=COC(C)=O. The molecule has 0 aromatic carbocycles. The van der Waals surface area contributed by atoms with Gasteiger partial charge >= 0.3 is 11.9 Å². The Morgan fingerprint density at radius 2 is 1.95 bits per heavy atom. The fraction of sp³-hybridized carbons (Fsp3) is 0.600. The van der Waals surface area contributed by atoms with E-state index >= 15 is 0 Å². The molecule has 0 fully saturated rings. The lowest BCUT2D eigenvalue weighted by atomic mass is 9.92. The van der Waals surface area contributed by atoms with Crippen molar-refractivity contribution in [1.29, 1.82) is 0 Å². The van der Waals surface area contributed by atoms with Gasteiger partial charge in [-0.3, -0.25) is 4.79 Å². The molecular formula is C15H26O4. The highest BCUT2D eigenvalue weighted by atomic mass is 16.5. The summed E-state index contributed by atoms with van der Waals surface area (Å²) in [4.78, 5) is 20.3. The van der Waals surface area contributed by atoms with E-state index in [-0.39, 0.29) is 5.97 Å². The molecule has 0 aromatic heterocycles. The number of hydrogen-bond acceptors (Lipinski definition) is 3. The van der Waals surface area contributed by atoms with Crippen LogP contribution >= 0.6 is 0 Å². The minimum absolute atomic E-state index is 0.329. The third kappa shape index (κ3) is 14.4. The molecule has 1 atom stereocenters. The zero-order valence-corrected chi connectivity index (χ0v) is 12.3. The number of aliphatic carboxylic acids is 1. The largest absolute Gasteiger partial charge is 0.478 e. The first kappa shape index (κ1) is 19.8. The van der Waals surface area contributed by atoms with Gasteiger partial charge in [0, 0.05) is 12.5 Å². The Bertz CT molecular complexity index is 295. The molecule has 1 unspecified atom stereocenters. The smallest absolute Gasteiger partial charge is 0.330 e. The summed E-state index contributed by atoms with van der Waals surface area (Å²) in [5, 5.41) is 8.65. The molecule has 0 heterocycles. The fourth-order valence-corrected chi connectivity index (χ4v) is 1.50. The second kappa shape index (κ2) is 12.9. The van der Waals surface area contributed by atoms with Crippen molar-refractivity contribution in [3.63, 3.8) is 0 Å². The van der Waals surface area contributed by atoms with E-state index in [1.54, 1.807) is 0 Å². The number of esters is 1. The topological polar surface area (TPSA) is 63.6 Å². The van der Waals surface area contributed by atoms with Crippen molar-refractivity contribution >= 4 is 11.9 Å². The highest BCUT2D eigenvalue weighted by Crippen LogP contribution is 2.20. The third-order valence-electron chi connectivity index (χ3n) is 2.63. The van der Waals surface area contributed by atoms with Crippen molar-refractivity contribution in [3.05, 3.63) is 25.0 Å². The number of carbonyl (C=O) groups is 2. The Morgan fingerprint density at radius 3 is 2.21 bits per heavy atom. The van der Waals surface area contributed by atoms with Crippen molar-refractivity contribution < 1.29 is 19.4 Å². The summed E-state index contributed by atoms with van der Waals surface area (Å²) in [5.74, 6) is -0.677. The highest BCUT2D eigenvalue weighted by Gasteiger charge is 2.11. The average molecular weight is 270 g/mol. The molecular weight excluding hydrogens is 244 g/mol. The highest BCUT2D eigenvalue weighted by molar-refractivity contribution is 5.85. The number of carboxylic acids is 1. The van der Waals surface area contributed by atoms with Crippen LogP contribution in [0.15, 0.2) is 25.0 Å². The number of rotatable bonds is 8. The van der Waals surface area contributed by atoms with Crippen LogP contribution in [-0.4, -0.2) is 17.0 Å². The summed E-state index contributed by atoms with van der Waals surface area (Å²) in [6.07, 6.45) is 6.28. The van der Waals surface area contributed by atoms with Crippen molar-refractivity contribution in [2.75, 3.05) is 0 Å². The Kier molecular flexibility index (Phi) is 13.4. The van der Waals surface area contributed by atoms with Crippen molar-refractivity contribution in [3.8, 4) is 0 Å². The van der Waals surface area contributed by atoms with E-state index in [0.717, 1.165) is 19.1 Å². The summed E-state index contributed by atoms with van der Waals surface area (Å²) in [5.41, 5.74) is 0.350. The van der Waals surface area contributed by atoms with Gasteiger partial charge in [0.1, 0.15) is 0 Å². The summed E-state index contributed by atoms with van der Waals surface area (Å²) in [7, 11) is 0. The number of carboxylic acid groups (broad SMARTS) is 1. The van der Waals surface area contributed by atoms with Crippen LogP contribution < -0.4 is 0 Å². The van der Waals surface area contributed by atoms with E-state index in [4.69, 9.17) is 5.11 Å². The molecule has 0 aliphatic carbocycles. The van der Waals surface area contributed by atoms with E-state index in [2.05, 4.69) is 31.7 Å². The lowest BCUT2D eigenvalue weighted by Gasteiger charge is -2.13. The molecule has 0 aliphatic rings. The molecule has 4 heteroatoms. The molecule has 19 heavy (non-hydrogen) atoms. The first-order valence-electron chi connectivity index (χ1n) is 6.58. The Morgan fingerprint density at radius 1 is 1.37 bits per heavy atom. The Balaban J connectivity index is 0. The molecule has 110 valence electrons. The molecule has 0 aromatic rings. The zero-order chi connectivity index (χ0) is 15.3. The van der Waals surface area contributed by atoms with Gasteiger partial charge in [0.15, 0.2) is 0 Å². The Labute approximate surface area is 116 Å². The van der Waals surface area contributed by atoms with Gasteiger partial charge in [0.05, 0.1) is 6.26 Å². The molecule has 0 radical (unpaired) electrons. The molecule has 0 aliphatic heterocycles. The molecule has 0 rings (SSSR count). The maximum absolute atomic E-state index is 10.5. The normalized spacial score (nSPS) is 10.7. The van der Waals surface area contributed by atoms with Gasteiger partial charge < -0.3 is 9.84 Å². The van der Waals surface area contributed by atoms with Crippen molar-refractivity contribution in [2.45, 2.75) is 52.9 Å². The minimum Gasteiger partial charge on any atom is -0.478 e. The Hall–Kier alpha value is -1.58. The fourth-order valence-electron chi connectivity index (χ4n) is 1.50. The van der Waals surface area contributed by atoms with Crippen molar-refractivity contribution in [1.82, 2.24) is 0 Å². The van der Waals surface area contributed by atoms with Crippen LogP contribution in [0.25, 0.3) is 0 Å². The second-order valence-corrected chi connectivity index (χ2v) is 4.31. The van der Waals surface area contributed by atoms with E-state index in [0.29, 0.717) is 17.9 Å². The molecule has 0 amide bonds. The summed E-state index contributed by atoms with van der Waals surface area (Å²) < 4.78 is 4.17. The zero-order valence-electron chi connectivity index (χ0n) is 12.3. The van der Waals surface area contributed by atoms with Crippen LogP contribution in [0, 0.1) is 5.92 Å². The average Bonchev–Trinajstić information content (AvgIpc) is 2.34. The van der Waals surface area contributed by atoms with Crippen LogP contribution in [0.1, 0.15) is 52.9 Å². The number of ether oxygens (including phenoxy) is 1. The number of carbonyl (C=O) groups excluding carboxylic acids is 1. The molecule has 0 saturated heterocycles. The summed E-state index contributed by atoms with van der Waals surface area (Å²) in [6.45, 7) is 12.3. The van der Waals surface area contributed by atoms with Gasteiger partial charge in [0.25, 0.3) is 0 Å². The summed E-state index contributed by atoms with van der Waals surface area (Å²) >= 11 is 0.